The zero-order valence-electron chi connectivity index (χ0n) is 13.9. The Morgan fingerprint density at radius 2 is 1.82 bits per heavy atom. The fourth-order valence-corrected chi connectivity index (χ4v) is 3.02. The van der Waals surface area contributed by atoms with Crippen molar-refractivity contribution >= 4 is 5.91 Å². The van der Waals surface area contributed by atoms with Gasteiger partial charge in [-0.2, -0.15) is 0 Å². The van der Waals surface area contributed by atoms with E-state index in [0.717, 1.165) is 25.0 Å². The predicted molar refractivity (Wildman–Crippen MR) is 87.1 cm³/mol. The summed E-state index contributed by atoms with van der Waals surface area (Å²) < 4.78 is 10.6. The topological polar surface area (TPSA) is 38.8 Å². The highest BCUT2D eigenvalue weighted by Crippen LogP contribution is 2.17. The maximum Gasteiger partial charge on any atom is 0.223 e. The third-order valence-corrected chi connectivity index (χ3v) is 4.22. The smallest absolute Gasteiger partial charge is 0.223 e. The summed E-state index contributed by atoms with van der Waals surface area (Å²) in [6, 6.07) is 8.53. The summed E-state index contributed by atoms with van der Waals surface area (Å²) in [6.07, 6.45) is 3.60. The minimum atomic E-state index is 0.192. The Hall–Kier alpha value is -1.55. The van der Waals surface area contributed by atoms with Gasteiger partial charge in [-0.1, -0.05) is 12.1 Å². The highest BCUT2D eigenvalue weighted by molar-refractivity contribution is 5.76. The van der Waals surface area contributed by atoms with Gasteiger partial charge in [0.25, 0.3) is 0 Å². The molecule has 0 saturated carbocycles. The van der Waals surface area contributed by atoms with Crippen LogP contribution in [0.3, 0.4) is 0 Å². The van der Waals surface area contributed by atoms with Crippen LogP contribution in [0.1, 0.15) is 38.7 Å². The second-order valence-corrected chi connectivity index (χ2v) is 6.09. The first-order valence-corrected chi connectivity index (χ1v) is 8.13. The Bertz CT molecular complexity index is 462. The lowest BCUT2D eigenvalue weighted by molar-refractivity contribution is -0.144. The maximum absolute atomic E-state index is 12.4. The van der Waals surface area contributed by atoms with Gasteiger partial charge in [-0.3, -0.25) is 4.79 Å². The van der Waals surface area contributed by atoms with Crippen molar-refractivity contribution in [2.75, 3.05) is 20.3 Å². The Kier molecular flexibility index (Phi) is 6.25. The van der Waals surface area contributed by atoms with Crippen molar-refractivity contribution in [3.8, 4) is 5.75 Å². The second kappa shape index (κ2) is 8.18. The van der Waals surface area contributed by atoms with Crippen LogP contribution in [-0.2, 0) is 16.0 Å². The maximum atomic E-state index is 12.4. The van der Waals surface area contributed by atoms with E-state index in [2.05, 4.69) is 26.0 Å². The molecule has 4 nitrogen and oxygen atoms in total. The van der Waals surface area contributed by atoms with Crippen molar-refractivity contribution < 1.29 is 14.3 Å². The molecule has 0 spiro atoms. The van der Waals surface area contributed by atoms with Crippen LogP contribution >= 0.6 is 0 Å². The molecule has 1 aliphatic rings. The first-order chi connectivity index (χ1) is 10.6. The summed E-state index contributed by atoms with van der Waals surface area (Å²) in [6.45, 7) is 5.43. The largest absolute Gasteiger partial charge is 0.497 e. The number of carbonyl (C=O) groups is 1. The molecule has 0 N–H and O–H groups in total. The zero-order valence-corrected chi connectivity index (χ0v) is 13.9. The number of rotatable bonds is 6. The van der Waals surface area contributed by atoms with Crippen LogP contribution in [0.15, 0.2) is 24.3 Å². The van der Waals surface area contributed by atoms with Crippen molar-refractivity contribution in [3.63, 3.8) is 0 Å². The summed E-state index contributed by atoms with van der Waals surface area (Å²) in [5.41, 5.74) is 1.29. The Morgan fingerprint density at radius 1 is 1.18 bits per heavy atom. The standard InChI is InChI=1S/C18H27NO3/c1-14-12-22-13-15(2)19(14)18(20)7-5-4-6-16-8-10-17(21-3)11-9-16/h8-11,14-15H,4-7,12-13H2,1-3H3. The van der Waals surface area contributed by atoms with Gasteiger partial charge in [-0.15, -0.1) is 0 Å². The molecule has 1 aromatic rings. The molecule has 122 valence electrons. The van der Waals surface area contributed by atoms with Gasteiger partial charge in [-0.25, -0.2) is 0 Å². The summed E-state index contributed by atoms with van der Waals surface area (Å²) >= 11 is 0. The molecule has 1 saturated heterocycles. The molecule has 0 aromatic heterocycles. The molecular weight excluding hydrogens is 278 g/mol. The summed E-state index contributed by atoms with van der Waals surface area (Å²) in [7, 11) is 1.67. The van der Waals surface area contributed by atoms with E-state index in [9.17, 15) is 4.79 Å². The highest BCUT2D eigenvalue weighted by atomic mass is 16.5. The van der Waals surface area contributed by atoms with E-state index >= 15 is 0 Å². The van der Waals surface area contributed by atoms with Gasteiger partial charge >= 0.3 is 0 Å². The van der Waals surface area contributed by atoms with E-state index in [1.807, 2.05) is 17.0 Å². The monoisotopic (exact) mass is 305 g/mol. The number of aryl methyl sites for hydroxylation is 1. The van der Waals surface area contributed by atoms with E-state index < -0.39 is 0 Å². The van der Waals surface area contributed by atoms with E-state index in [-0.39, 0.29) is 18.0 Å². The SMILES string of the molecule is COc1ccc(CCCCC(=O)N2C(C)COCC2C)cc1. The van der Waals surface area contributed by atoms with Gasteiger partial charge < -0.3 is 14.4 Å². The third-order valence-electron chi connectivity index (χ3n) is 4.22. The molecule has 4 heteroatoms. The number of hydrogen-bond acceptors (Lipinski definition) is 3. The van der Waals surface area contributed by atoms with Gasteiger partial charge in [0.15, 0.2) is 0 Å². The minimum absolute atomic E-state index is 0.192. The normalized spacial score (nSPS) is 21.7. The number of hydrogen-bond donors (Lipinski definition) is 0. The molecule has 1 heterocycles. The van der Waals surface area contributed by atoms with Crippen molar-refractivity contribution in [2.45, 2.75) is 51.6 Å². The Balaban J connectivity index is 1.72. The lowest BCUT2D eigenvalue weighted by atomic mass is 10.1. The van der Waals surface area contributed by atoms with Crippen LogP contribution in [0, 0.1) is 0 Å². The van der Waals surface area contributed by atoms with Crippen molar-refractivity contribution in [3.05, 3.63) is 29.8 Å². The molecular formula is C18H27NO3. The van der Waals surface area contributed by atoms with Crippen molar-refractivity contribution in [1.82, 2.24) is 4.90 Å². The van der Waals surface area contributed by atoms with Gasteiger partial charge in [0.05, 0.1) is 32.4 Å². The molecule has 0 aliphatic carbocycles. The molecule has 1 aliphatic heterocycles. The van der Waals surface area contributed by atoms with Gasteiger partial charge in [0.1, 0.15) is 5.75 Å². The van der Waals surface area contributed by atoms with Crippen LogP contribution in [0.4, 0.5) is 0 Å². The van der Waals surface area contributed by atoms with E-state index in [0.29, 0.717) is 19.6 Å². The molecule has 1 aromatic carbocycles. The molecule has 2 rings (SSSR count). The van der Waals surface area contributed by atoms with Gasteiger partial charge in [-0.05, 0) is 50.8 Å². The first kappa shape index (κ1) is 16.8. The Morgan fingerprint density at radius 3 is 2.41 bits per heavy atom. The summed E-state index contributed by atoms with van der Waals surface area (Å²) in [5, 5.41) is 0. The number of carbonyl (C=O) groups excluding carboxylic acids is 1. The van der Waals surface area contributed by atoms with E-state index in [1.54, 1.807) is 7.11 Å². The number of ether oxygens (including phenoxy) is 2. The average Bonchev–Trinajstić information content (AvgIpc) is 2.52. The van der Waals surface area contributed by atoms with Crippen LogP contribution in [0.2, 0.25) is 0 Å². The van der Waals surface area contributed by atoms with Gasteiger partial charge in [0, 0.05) is 6.42 Å². The fraction of sp³-hybridized carbons (Fsp3) is 0.611. The highest BCUT2D eigenvalue weighted by Gasteiger charge is 2.28. The number of unbranched alkanes of at least 4 members (excludes halogenated alkanes) is 1. The summed E-state index contributed by atoms with van der Waals surface area (Å²) in [5.74, 6) is 1.15. The average molecular weight is 305 g/mol. The first-order valence-electron chi connectivity index (χ1n) is 8.13. The van der Waals surface area contributed by atoms with E-state index in [1.165, 1.54) is 5.56 Å². The third kappa shape index (κ3) is 4.47. The van der Waals surface area contributed by atoms with Crippen LogP contribution in [0.25, 0.3) is 0 Å². The van der Waals surface area contributed by atoms with Crippen LogP contribution in [-0.4, -0.2) is 43.2 Å². The molecule has 2 atom stereocenters. The molecule has 1 amide bonds. The quantitative estimate of drug-likeness (QED) is 0.758. The molecule has 0 radical (unpaired) electrons. The number of methoxy groups -OCH3 is 1. The number of morpholine rings is 1. The number of nitrogens with zero attached hydrogens (tertiary/aromatic N) is 1. The van der Waals surface area contributed by atoms with Gasteiger partial charge in [0.2, 0.25) is 5.91 Å². The van der Waals surface area contributed by atoms with Crippen LogP contribution in [0.5, 0.6) is 5.75 Å². The molecule has 2 unspecified atom stereocenters. The summed E-state index contributed by atoms with van der Waals surface area (Å²) in [4.78, 5) is 14.4. The van der Waals surface area contributed by atoms with E-state index in [4.69, 9.17) is 9.47 Å². The minimum Gasteiger partial charge on any atom is -0.497 e. The fourth-order valence-electron chi connectivity index (χ4n) is 3.02. The molecule has 0 bridgehead atoms. The number of benzene rings is 1. The molecule has 22 heavy (non-hydrogen) atoms. The molecule has 1 fully saturated rings. The van der Waals surface area contributed by atoms with Crippen molar-refractivity contribution in [2.24, 2.45) is 0 Å². The van der Waals surface area contributed by atoms with Crippen molar-refractivity contribution in [1.29, 1.82) is 0 Å². The second-order valence-electron chi connectivity index (χ2n) is 6.09. The lowest BCUT2D eigenvalue weighted by Gasteiger charge is -2.38. The number of amides is 1. The Labute approximate surface area is 133 Å². The van der Waals surface area contributed by atoms with Crippen LogP contribution < -0.4 is 4.74 Å². The lowest BCUT2D eigenvalue weighted by Crippen LogP contribution is -2.52. The zero-order chi connectivity index (χ0) is 15.9. The predicted octanol–water partition coefficient (Wildman–Crippen LogP) is 3.04.